The lowest BCUT2D eigenvalue weighted by molar-refractivity contribution is -0.383. The summed E-state index contributed by atoms with van der Waals surface area (Å²) in [6, 6.07) is 3.88. The van der Waals surface area contributed by atoms with Crippen LogP contribution in [0.25, 0.3) is 10.2 Å². The Labute approximate surface area is 185 Å². The fourth-order valence-corrected chi connectivity index (χ4v) is 5.09. The maximum absolute atomic E-state index is 13.0. The lowest BCUT2D eigenvalue weighted by Gasteiger charge is -2.15. The third-order valence-corrected chi connectivity index (χ3v) is 6.77. The van der Waals surface area contributed by atoms with E-state index in [9.17, 15) is 19.7 Å². The number of aryl methyl sites for hydroxylation is 2. The highest BCUT2D eigenvalue weighted by Gasteiger charge is 2.20. The average molecular weight is 467 g/mol. The second-order valence-electron chi connectivity index (χ2n) is 6.88. The SMILES string of the molecule is Cc1sc2nc(SCC(=O)Nc3ccc(Cl)cc3[N+](=O)[O-])n(C(C)C)c(=O)c2c1C. The van der Waals surface area contributed by atoms with Crippen molar-refractivity contribution in [3.8, 4) is 0 Å². The Hall–Kier alpha value is -2.43. The van der Waals surface area contributed by atoms with E-state index in [-0.39, 0.29) is 33.8 Å². The molecule has 0 unspecified atom stereocenters. The molecule has 0 saturated carbocycles. The highest BCUT2D eigenvalue weighted by atomic mass is 35.5. The minimum Gasteiger partial charge on any atom is -0.320 e. The van der Waals surface area contributed by atoms with E-state index < -0.39 is 10.8 Å². The van der Waals surface area contributed by atoms with Gasteiger partial charge in [0.15, 0.2) is 5.16 Å². The number of fused-ring (bicyclic) bond motifs is 1. The van der Waals surface area contributed by atoms with Crippen LogP contribution in [0, 0.1) is 24.0 Å². The Morgan fingerprint density at radius 2 is 2.10 bits per heavy atom. The zero-order chi connectivity index (χ0) is 22.2. The number of hydrogen-bond donors (Lipinski definition) is 1. The first-order chi connectivity index (χ1) is 14.1. The molecule has 0 spiro atoms. The fourth-order valence-electron chi connectivity index (χ4n) is 2.92. The number of nitrogens with one attached hydrogen (secondary N) is 1. The summed E-state index contributed by atoms with van der Waals surface area (Å²) in [6.45, 7) is 7.61. The van der Waals surface area contributed by atoms with Crippen LogP contribution in [0.2, 0.25) is 5.02 Å². The number of halogens is 1. The van der Waals surface area contributed by atoms with Crippen molar-refractivity contribution in [3.63, 3.8) is 0 Å². The van der Waals surface area contributed by atoms with Crippen LogP contribution in [0.4, 0.5) is 11.4 Å². The van der Waals surface area contributed by atoms with Crippen molar-refractivity contribution in [1.82, 2.24) is 9.55 Å². The maximum atomic E-state index is 13.0. The lowest BCUT2D eigenvalue weighted by atomic mass is 10.2. The van der Waals surface area contributed by atoms with Gasteiger partial charge in [-0.1, -0.05) is 23.4 Å². The molecule has 158 valence electrons. The summed E-state index contributed by atoms with van der Waals surface area (Å²) < 4.78 is 1.57. The molecule has 0 saturated heterocycles. The van der Waals surface area contributed by atoms with Crippen LogP contribution in [0.1, 0.15) is 30.3 Å². The third-order valence-electron chi connectivity index (χ3n) is 4.48. The van der Waals surface area contributed by atoms with Crippen LogP contribution in [0.3, 0.4) is 0 Å². The number of rotatable bonds is 6. The van der Waals surface area contributed by atoms with Gasteiger partial charge in [-0.2, -0.15) is 0 Å². The first-order valence-electron chi connectivity index (χ1n) is 8.99. The molecule has 8 nitrogen and oxygen atoms in total. The van der Waals surface area contributed by atoms with E-state index in [0.717, 1.165) is 22.2 Å². The molecule has 0 fully saturated rings. The molecule has 1 aromatic carbocycles. The second-order valence-corrected chi connectivity index (χ2v) is 9.46. The number of aromatic nitrogens is 2. The number of thioether (sulfide) groups is 1. The molecule has 0 radical (unpaired) electrons. The minimum atomic E-state index is -0.609. The summed E-state index contributed by atoms with van der Waals surface area (Å²) in [6.07, 6.45) is 0. The number of carbonyl (C=O) groups excluding carboxylic acids is 1. The first-order valence-corrected chi connectivity index (χ1v) is 11.2. The van der Waals surface area contributed by atoms with Gasteiger partial charge in [-0.25, -0.2) is 4.98 Å². The molecule has 3 rings (SSSR count). The first kappa shape index (κ1) is 22.3. The average Bonchev–Trinajstić information content (AvgIpc) is 2.95. The van der Waals surface area contributed by atoms with E-state index in [1.165, 1.54) is 29.5 Å². The monoisotopic (exact) mass is 466 g/mol. The number of carbonyl (C=O) groups is 1. The molecule has 0 aliphatic heterocycles. The number of nitro groups is 1. The summed E-state index contributed by atoms with van der Waals surface area (Å²) >= 11 is 8.36. The van der Waals surface area contributed by atoms with Crippen molar-refractivity contribution in [2.24, 2.45) is 0 Å². The predicted molar refractivity (Wildman–Crippen MR) is 121 cm³/mol. The van der Waals surface area contributed by atoms with Gasteiger partial charge in [0.25, 0.3) is 11.2 Å². The molecule has 0 aliphatic rings. The summed E-state index contributed by atoms with van der Waals surface area (Å²) in [5, 5.41) is 15.0. The molecule has 1 amide bonds. The molecule has 0 atom stereocenters. The van der Waals surface area contributed by atoms with Crippen LogP contribution >= 0.6 is 34.7 Å². The van der Waals surface area contributed by atoms with Crippen molar-refractivity contribution >= 4 is 62.2 Å². The number of benzene rings is 1. The zero-order valence-electron chi connectivity index (χ0n) is 16.7. The standard InChI is InChI=1S/C19H19ClN4O4S2/c1-9(2)23-18(26)16-10(3)11(4)30-17(16)22-19(23)29-8-15(25)21-13-6-5-12(20)7-14(13)24(27)28/h5-7,9H,8H2,1-4H3,(H,21,25). The lowest BCUT2D eigenvalue weighted by Crippen LogP contribution is -2.25. The van der Waals surface area contributed by atoms with Crippen molar-refractivity contribution in [2.75, 3.05) is 11.1 Å². The Morgan fingerprint density at radius 3 is 2.73 bits per heavy atom. The number of amides is 1. The molecule has 11 heteroatoms. The van der Waals surface area contributed by atoms with Gasteiger partial charge in [0.2, 0.25) is 5.91 Å². The van der Waals surface area contributed by atoms with Crippen molar-refractivity contribution in [3.05, 3.63) is 54.1 Å². The molecule has 0 aliphatic carbocycles. The van der Waals surface area contributed by atoms with Gasteiger partial charge < -0.3 is 5.32 Å². The highest BCUT2D eigenvalue weighted by Crippen LogP contribution is 2.30. The Bertz CT molecular complexity index is 1220. The normalized spacial score (nSPS) is 11.3. The van der Waals surface area contributed by atoms with Crippen LogP contribution in [-0.2, 0) is 4.79 Å². The van der Waals surface area contributed by atoms with Crippen LogP contribution < -0.4 is 10.9 Å². The van der Waals surface area contributed by atoms with Crippen LogP contribution in [-0.4, -0.2) is 26.1 Å². The Kier molecular flexibility index (Phi) is 6.49. The Balaban J connectivity index is 1.87. The van der Waals surface area contributed by atoms with E-state index in [1.54, 1.807) is 4.57 Å². The quantitative estimate of drug-likeness (QED) is 0.238. The number of hydrogen-bond acceptors (Lipinski definition) is 7. The van der Waals surface area contributed by atoms with Crippen molar-refractivity contribution in [2.45, 2.75) is 38.9 Å². The fraction of sp³-hybridized carbons (Fsp3) is 0.316. The van der Waals surface area contributed by atoms with E-state index in [4.69, 9.17) is 11.6 Å². The summed E-state index contributed by atoms with van der Waals surface area (Å²) in [4.78, 5) is 42.3. The van der Waals surface area contributed by atoms with Gasteiger partial charge in [0.05, 0.1) is 16.1 Å². The maximum Gasteiger partial charge on any atom is 0.294 e. The van der Waals surface area contributed by atoms with E-state index in [2.05, 4.69) is 10.3 Å². The van der Waals surface area contributed by atoms with Gasteiger partial charge in [-0.3, -0.25) is 24.3 Å². The third kappa shape index (κ3) is 4.35. The van der Waals surface area contributed by atoms with E-state index in [1.807, 2.05) is 27.7 Å². The van der Waals surface area contributed by atoms with Crippen molar-refractivity contribution in [1.29, 1.82) is 0 Å². The topological polar surface area (TPSA) is 107 Å². The molecule has 3 aromatic rings. The molecule has 0 bridgehead atoms. The van der Waals surface area contributed by atoms with Gasteiger partial charge in [-0.05, 0) is 45.4 Å². The predicted octanol–water partition coefficient (Wildman–Crippen LogP) is 4.95. The van der Waals surface area contributed by atoms with E-state index in [0.29, 0.717) is 15.4 Å². The second kappa shape index (κ2) is 8.75. The van der Waals surface area contributed by atoms with Crippen molar-refractivity contribution < 1.29 is 9.72 Å². The molecule has 1 N–H and O–H groups in total. The smallest absolute Gasteiger partial charge is 0.294 e. The molecule has 30 heavy (non-hydrogen) atoms. The van der Waals surface area contributed by atoms with Gasteiger partial charge in [-0.15, -0.1) is 11.3 Å². The summed E-state index contributed by atoms with van der Waals surface area (Å²) in [5.74, 6) is -0.512. The summed E-state index contributed by atoms with van der Waals surface area (Å²) in [7, 11) is 0. The Morgan fingerprint density at radius 1 is 1.40 bits per heavy atom. The number of thiophene rings is 1. The highest BCUT2D eigenvalue weighted by molar-refractivity contribution is 7.99. The van der Waals surface area contributed by atoms with E-state index >= 15 is 0 Å². The molecular weight excluding hydrogens is 448 g/mol. The summed E-state index contributed by atoms with van der Waals surface area (Å²) in [5.41, 5.74) is 0.563. The minimum absolute atomic E-state index is 0.0594. The van der Waals surface area contributed by atoms with Crippen LogP contribution in [0.5, 0.6) is 0 Å². The van der Waals surface area contributed by atoms with Gasteiger partial charge in [0.1, 0.15) is 10.5 Å². The number of anilines is 1. The van der Waals surface area contributed by atoms with Gasteiger partial charge >= 0.3 is 0 Å². The molecule has 2 aromatic heterocycles. The van der Waals surface area contributed by atoms with Gasteiger partial charge in [0, 0.05) is 22.0 Å². The molecular formula is C19H19ClN4O4S2. The molecule has 2 heterocycles. The zero-order valence-corrected chi connectivity index (χ0v) is 19.1. The number of nitrogens with zero attached hydrogens (tertiary/aromatic N) is 3. The van der Waals surface area contributed by atoms with Crippen LogP contribution in [0.15, 0.2) is 28.2 Å². The number of nitro benzene ring substituents is 1. The largest absolute Gasteiger partial charge is 0.320 e.